The van der Waals surface area contributed by atoms with Crippen LogP contribution in [0.1, 0.15) is 0 Å². The molecule has 9 heteroatoms. The first-order chi connectivity index (χ1) is 11.6. The lowest BCUT2D eigenvalue weighted by Crippen LogP contribution is -1.98. The molecule has 120 valence electrons. The van der Waals surface area contributed by atoms with Crippen molar-refractivity contribution in [3.8, 4) is 5.69 Å². The van der Waals surface area contributed by atoms with Gasteiger partial charge in [0.05, 0.1) is 23.5 Å². The number of aryl methyl sites for hydroxylation is 1. The predicted octanol–water partition coefficient (Wildman–Crippen LogP) is 3.19. The van der Waals surface area contributed by atoms with Gasteiger partial charge in [-0.2, -0.15) is 10.2 Å². The second-order valence-electron chi connectivity index (χ2n) is 5.09. The summed E-state index contributed by atoms with van der Waals surface area (Å²) in [5, 5.41) is 12.4. The summed E-state index contributed by atoms with van der Waals surface area (Å²) in [4.78, 5) is 8.48. The molecule has 1 N–H and O–H groups in total. The number of aromatic nitrogens is 6. The van der Waals surface area contributed by atoms with Crippen molar-refractivity contribution in [2.75, 3.05) is 5.32 Å². The minimum Gasteiger partial charge on any atom is -0.337 e. The number of benzene rings is 1. The number of anilines is 2. The van der Waals surface area contributed by atoms with Gasteiger partial charge in [-0.1, -0.05) is 12.1 Å². The maximum atomic E-state index is 13.9. The molecular formula is C15H11BrFN7. The van der Waals surface area contributed by atoms with Crippen molar-refractivity contribution in [2.24, 2.45) is 7.05 Å². The minimum absolute atomic E-state index is 0.341. The molecular weight excluding hydrogens is 377 g/mol. The fraction of sp³-hybridized carbons (Fsp3) is 0.0667. The number of rotatable bonds is 3. The van der Waals surface area contributed by atoms with Gasteiger partial charge in [-0.15, -0.1) is 0 Å². The van der Waals surface area contributed by atoms with Crippen molar-refractivity contribution >= 4 is 38.5 Å². The van der Waals surface area contributed by atoms with Gasteiger partial charge >= 0.3 is 0 Å². The molecule has 0 saturated heterocycles. The van der Waals surface area contributed by atoms with Crippen LogP contribution in [0.2, 0.25) is 0 Å². The van der Waals surface area contributed by atoms with Crippen LogP contribution < -0.4 is 5.32 Å². The summed E-state index contributed by atoms with van der Waals surface area (Å²) in [6.45, 7) is 0. The fourth-order valence-electron chi connectivity index (χ4n) is 2.43. The number of para-hydroxylation sites is 1. The van der Waals surface area contributed by atoms with Gasteiger partial charge in [-0.3, -0.25) is 0 Å². The van der Waals surface area contributed by atoms with Crippen LogP contribution in [0.25, 0.3) is 16.7 Å². The fourth-order valence-corrected chi connectivity index (χ4v) is 3.03. The van der Waals surface area contributed by atoms with E-state index in [-0.39, 0.29) is 5.82 Å². The molecule has 0 amide bonds. The van der Waals surface area contributed by atoms with Gasteiger partial charge in [0.2, 0.25) is 0 Å². The van der Waals surface area contributed by atoms with Crippen LogP contribution in [-0.2, 0) is 7.05 Å². The molecule has 0 radical (unpaired) electrons. The van der Waals surface area contributed by atoms with Crippen molar-refractivity contribution in [1.82, 2.24) is 29.5 Å². The second kappa shape index (κ2) is 5.68. The van der Waals surface area contributed by atoms with E-state index in [0.29, 0.717) is 27.4 Å². The Morgan fingerprint density at radius 3 is 2.88 bits per heavy atom. The Hall–Kier alpha value is -2.81. The molecule has 0 aliphatic heterocycles. The van der Waals surface area contributed by atoms with Gasteiger partial charge in [0.25, 0.3) is 0 Å². The zero-order chi connectivity index (χ0) is 16.7. The van der Waals surface area contributed by atoms with Gasteiger partial charge in [-0.25, -0.2) is 23.7 Å². The molecule has 0 aliphatic rings. The standard InChI is InChI=1S/C15H11BrFN7/c1-23-15-12(13(16)22-23)14(18-8-19-15)21-9-6-20-24(7-9)11-5-3-2-4-10(11)17/h2-8H,1H3,(H,18,19,21). The minimum atomic E-state index is -0.341. The van der Waals surface area contributed by atoms with Gasteiger partial charge in [-0.05, 0) is 28.1 Å². The molecule has 0 atom stereocenters. The average Bonchev–Trinajstić information content (AvgIpc) is 3.14. The first kappa shape index (κ1) is 14.8. The van der Waals surface area contributed by atoms with Crippen LogP contribution in [0.15, 0.2) is 47.6 Å². The summed E-state index contributed by atoms with van der Waals surface area (Å²) in [7, 11) is 1.81. The highest BCUT2D eigenvalue weighted by Crippen LogP contribution is 2.29. The summed E-state index contributed by atoms with van der Waals surface area (Å²) in [6.07, 6.45) is 4.75. The lowest BCUT2D eigenvalue weighted by atomic mass is 10.3. The summed E-state index contributed by atoms with van der Waals surface area (Å²) in [5.41, 5.74) is 1.75. The Morgan fingerprint density at radius 2 is 2.04 bits per heavy atom. The van der Waals surface area contributed by atoms with Crippen molar-refractivity contribution in [3.05, 3.63) is 53.4 Å². The number of nitrogens with one attached hydrogen (secondary N) is 1. The lowest BCUT2D eigenvalue weighted by molar-refractivity contribution is 0.611. The second-order valence-corrected chi connectivity index (χ2v) is 5.84. The Morgan fingerprint density at radius 1 is 1.21 bits per heavy atom. The first-order valence-corrected chi connectivity index (χ1v) is 7.82. The molecule has 24 heavy (non-hydrogen) atoms. The molecule has 3 aromatic heterocycles. The van der Waals surface area contributed by atoms with E-state index in [2.05, 4.69) is 41.4 Å². The summed E-state index contributed by atoms with van der Waals surface area (Å²) < 4.78 is 17.6. The molecule has 0 fully saturated rings. The number of fused-ring (bicyclic) bond motifs is 1. The average molecular weight is 388 g/mol. The van der Waals surface area contributed by atoms with E-state index in [9.17, 15) is 4.39 Å². The van der Waals surface area contributed by atoms with E-state index >= 15 is 0 Å². The van der Waals surface area contributed by atoms with E-state index in [1.54, 1.807) is 42.3 Å². The van der Waals surface area contributed by atoms with Crippen LogP contribution in [0.3, 0.4) is 0 Å². The zero-order valence-electron chi connectivity index (χ0n) is 12.5. The molecule has 4 rings (SSSR count). The highest BCUT2D eigenvalue weighted by Gasteiger charge is 2.14. The van der Waals surface area contributed by atoms with Gasteiger partial charge < -0.3 is 5.32 Å². The van der Waals surface area contributed by atoms with Crippen LogP contribution in [-0.4, -0.2) is 29.5 Å². The maximum Gasteiger partial charge on any atom is 0.164 e. The highest BCUT2D eigenvalue weighted by molar-refractivity contribution is 9.10. The zero-order valence-corrected chi connectivity index (χ0v) is 14.1. The van der Waals surface area contributed by atoms with E-state index < -0.39 is 0 Å². The lowest BCUT2D eigenvalue weighted by Gasteiger charge is -2.04. The number of hydrogen-bond donors (Lipinski definition) is 1. The smallest absolute Gasteiger partial charge is 0.164 e. The first-order valence-electron chi connectivity index (χ1n) is 7.03. The van der Waals surface area contributed by atoms with Crippen LogP contribution >= 0.6 is 15.9 Å². The Balaban J connectivity index is 1.72. The summed E-state index contributed by atoms with van der Waals surface area (Å²) in [6, 6.07) is 6.45. The molecule has 1 aromatic carbocycles. The molecule has 0 spiro atoms. The van der Waals surface area contributed by atoms with E-state index in [1.165, 1.54) is 17.1 Å². The van der Waals surface area contributed by atoms with Crippen LogP contribution in [0, 0.1) is 5.82 Å². The third kappa shape index (κ3) is 2.42. The number of halogens is 2. The van der Waals surface area contributed by atoms with E-state index in [0.717, 1.165) is 5.39 Å². The van der Waals surface area contributed by atoms with E-state index in [4.69, 9.17) is 0 Å². The van der Waals surface area contributed by atoms with Crippen molar-refractivity contribution in [2.45, 2.75) is 0 Å². The molecule has 0 aliphatic carbocycles. The molecule has 3 heterocycles. The van der Waals surface area contributed by atoms with Crippen molar-refractivity contribution in [3.63, 3.8) is 0 Å². The van der Waals surface area contributed by atoms with Gasteiger partial charge in [0.15, 0.2) is 5.65 Å². The summed E-state index contributed by atoms with van der Waals surface area (Å²) in [5.74, 6) is 0.250. The van der Waals surface area contributed by atoms with Crippen LogP contribution in [0.5, 0.6) is 0 Å². The molecule has 4 aromatic rings. The Labute approximate surface area is 144 Å². The number of hydrogen-bond acceptors (Lipinski definition) is 5. The third-order valence-electron chi connectivity index (χ3n) is 3.52. The van der Waals surface area contributed by atoms with Crippen LogP contribution in [0.4, 0.5) is 15.9 Å². The highest BCUT2D eigenvalue weighted by atomic mass is 79.9. The molecule has 0 unspecified atom stereocenters. The predicted molar refractivity (Wildman–Crippen MR) is 90.8 cm³/mol. The Bertz CT molecular complexity index is 1040. The largest absolute Gasteiger partial charge is 0.337 e. The SMILES string of the molecule is Cn1nc(Br)c2c(Nc3cnn(-c4ccccc4F)c3)ncnc21. The third-order valence-corrected chi connectivity index (χ3v) is 4.08. The molecule has 0 saturated carbocycles. The van der Waals surface area contributed by atoms with Gasteiger partial charge in [0, 0.05) is 7.05 Å². The van der Waals surface area contributed by atoms with E-state index in [1.807, 2.05) is 0 Å². The monoisotopic (exact) mass is 387 g/mol. The maximum absolute atomic E-state index is 13.9. The molecule has 0 bridgehead atoms. The normalized spacial score (nSPS) is 11.1. The summed E-state index contributed by atoms with van der Waals surface area (Å²) >= 11 is 3.41. The topological polar surface area (TPSA) is 73.5 Å². The molecule has 7 nitrogen and oxygen atoms in total. The quantitative estimate of drug-likeness (QED) is 0.584. The Kier molecular flexibility index (Phi) is 3.49. The van der Waals surface area contributed by atoms with Gasteiger partial charge in [0.1, 0.15) is 28.3 Å². The van der Waals surface area contributed by atoms with Crippen molar-refractivity contribution < 1.29 is 4.39 Å². The number of nitrogens with zero attached hydrogens (tertiary/aromatic N) is 6. The van der Waals surface area contributed by atoms with Crippen molar-refractivity contribution in [1.29, 1.82) is 0 Å².